The first kappa shape index (κ1) is 12.8. The summed E-state index contributed by atoms with van der Waals surface area (Å²) in [7, 11) is 0. The van der Waals surface area contributed by atoms with Crippen LogP contribution < -0.4 is 10.5 Å². The lowest BCUT2D eigenvalue weighted by molar-refractivity contribution is 0.306. The number of nitrogens with two attached hydrogens (primary N) is 1. The molecule has 0 atom stereocenters. The second kappa shape index (κ2) is 5.36. The molecule has 1 heterocycles. The normalized spacial score (nSPS) is 9.95. The standard InChI is InChI=1S/C14H12FN3O/c1-9-2-3-13(14(17)18-9)19-8-11-4-10(7-16)5-12(15)6-11/h2-6H,8H2,1H3,(H2,17,18). The van der Waals surface area contributed by atoms with Crippen molar-refractivity contribution in [3.05, 3.63) is 53.0 Å². The van der Waals surface area contributed by atoms with Crippen LogP contribution in [0.4, 0.5) is 10.2 Å². The van der Waals surface area contributed by atoms with E-state index in [1.165, 1.54) is 12.1 Å². The molecule has 2 N–H and O–H groups in total. The van der Waals surface area contributed by atoms with Gasteiger partial charge >= 0.3 is 0 Å². The molecule has 0 aliphatic carbocycles. The van der Waals surface area contributed by atoms with E-state index < -0.39 is 5.82 Å². The van der Waals surface area contributed by atoms with Crippen molar-refractivity contribution >= 4 is 5.82 Å². The Morgan fingerprint density at radius 1 is 1.37 bits per heavy atom. The maximum Gasteiger partial charge on any atom is 0.166 e. The molecular formula is C14H12FN3O. The lowest BCUT2D eigenvalue weighted by atomic mass is 10.1. The molecule has 0 fully saturated rings. The van der Waals surface area contributed by atoms with Crippen molar-refractivity contribution in [2.45, 2.75) is 13.5 Å². The number of anilines is 1. The van der Waals surface area contributed by atoms with Crippen molar-refractivity contribution in [3.8, 4) is 11.8 Å². The Morgan fingerprint density at radius 3 is 2.84 bits per heavy atom. The van der Waals surface area contributed by atoms with Crippen molar-refractivity contribution in [3.63, 3.8) is 0 Å². The van der Waals surface area contributed by atoms with E-state index >= 15 is 0 Å². The van der Waals surface area contributed by atoms with Gasteiger partial charge in [0.2, 0.25) is 0 Å². The zero-order valence-corrected chi connectivity index (χ0v) is 10.4. The molecule has 0 radical (unpaired) electrons. The number of ether oxygens (including phenoxy) is 1. The Hall–Kier alpha value is -2.61. The summed E-state index contributed by atoms with van der Waals surface area (Å²) in [4.78, 5) is 4.06. The highest BCUT2D eigenvalue weighted by atomic mass is 19.1. The second-order valence-corrected chi connectivity index (χ2v) is 4.08. The number of aromatic nitrogens is 1. The molecule has 96 valence electrons. The van der Waals surface area contributed by atoms with Crippen molar-refractivity contribution in [1.29, 1.82) is 5.26 Å². The van der Waals surface area contributed by atoms with E-state index in [4.69, 9.17) is 15.7 Å². The van der Waals surface area contributed by atoms with Crippen molar-refractivity contribution in [1.82, 2.24) is 4.98 Å². The van der Waals surface area contributed by atoms with Gasteiger partial charge in [0.15, 0.2) is 11.6 Å². The van der Waals surface area contributed by atoms with Crippen LogP contribution in [-0.2, 0) is 6.61 Å². The summed E-state index contributed by atoms with van der Waals surface area (Å²) in [5, 5.41) is 8.76. The minimum Gasteiger partial charge on any atom is -0.485 e. The van der Waals surface area contributed by atoms with Crippen molar-refractivity contribution < 1.29 is 9.13 Å². The molecule has 0 bridgehead atoms. The SMILES string of the molecule is Cc1ccc(OCc2cc(F)cc(C#N)c2)c(N)n1. The number of hydrogen-bond acceptors (Lipinski definition) is 4. The first-order valence-corrected chi connectivity index (χ1v) is 5.64. The first-order valence-electron chi connectivity index (χ1n) is 5.64. The molecule has 0 amide bonds. The van der Waals surface area contributed by atoms with Crippen molar-refractivity contribution in [2.24, 2.45) is 0 Å². The molecular weight excluding hydrogens is 245 g/mol. The predicted molar refractivity (Wildman–Crippen MR) is 68.8 cm³/mol. The summed E-state index contributed by atoms with van der Waals surface area (Å²) < 4.78 is 18.7. The molecule has 0 unspecified atom stereocenters. The molecule has 0 saturated carbocycles. The lowest BCUT2D eigenvalue weighted by Crippen LogP contribution is -2.02. The smallest absolute Gasteiger partial charge is 0.166 e. The van der Waals surface area contributed by atoms with Gasteiger partial charge in [-0.05, 0) is 42.8 Å². The van der Waals surface area contributed by atoms with Gasteiger partial charge in [0.05, 0.1) is 11.6 Å². The molecule has 0 saturated heterocycles. The molecule has 0 aliphatic heterocycles. The minimum absolute atomic E-state index is 0.126. The third-order valence-electron chi connectivity index (χ3n) is 2.51. The molecule has 2 rings (SSSR count). The number of nitriles is 1. The summed E-state index contributed by atoms with van der Waals surface area (Å²) in [6, 6.07) is 9.44. The second-order valence-electron chi connectivity index (χ2n) is 4.08. The highest BCUT2D eigenvalue weighted by molar-refractivity contribution is 5.46. The Bertz CT molecular complexity index is 650. The number of aryl methyl sites for hydroxylation is 1. The molecule has 4 nitrogen and oxygen atoms in total. The highest BCUT2D eigenvalue weighted by Gasteiger charge is 2.05. The van der Waals surface area contributed by atoms with E-state index in [2.05, 4.69) is 4.98 Å². The van der Waals surface area contributed by atoms with E-state index in [0.717, 1.165) is 5.69 Å². The number of benzene rings is 1. The van der Waals surface area contributed by atoms with Gasteiger partial charge in [0.25, 0.3) is 0 Å². The van der Waals surface area contributed by atoms with E-state index in [-0.39, 0.29) is 18.0 Å². The third-order valence-corrected chi connectivity index (χ3v) is 2.51. The van der Waals surface area contributed by atoms with Gasteiger partial charge in [-0.15, -0.1) is 0 Å². The van der Waals surface area contributed by atoms with Crippen LogP contribution >= 0.6 is 0 Å². The van der Waals surface area contributed by atoms with E-state index in [0.29, 0.717) is 11.3 Å². The van der Waals surface area contributed by atoms with Crippen LogP contribution in [0.2, 0.25) is 0 Å². The zero-order chi connectivity index (χ0) is 13.8. The van der Waals surface area contributed by atoms with Crippen LogP contribution in [0.15, 0.2) is 30.3 Å². The Balaban J connectivity index is 2.14. The molecule has 0 aliphatic rings. The number of pyridine rings is 1. The van der Waals surface area contributed by atoms with E-state index in [9.17, 15) is 4.39 Å². The average Bonchev–Trinajstić information content (AvgIpc) is 2.37. The Kier molecular flexibility index (Phi) is 3.62. The number of rotatable bonds is 3. The van der Waals surface area contributed by atoms with Crippen LogP contribution in [0.1, 0.15) is 16.8 Å². The van der Waals surface area contributed by atoms with Gasteiger partial charge in [-0.1, -0.05) is 0 Å². The van der Waals surface area contributed by atoms with Gasteiger partial charge < -0.3 is 10.5 Å². The molecule has 1 aromatic carbocycles. The van der Waals surface area contributed by atoms with Gasteiger partial charge in [0, 0.05) is 5.69 Å². The molecule has 5 heteroatoms. The molecule has 2 aromatic rings. The molecule has 0 spiro atoms. The monoisotopic (exact) mass is 257 g/mol. The van der Waals surface area contributed by atoms with E-state index in [1.54, 1.807) is 18.2 Å². The fourth-order valence-electron chi connectivity index (χ4n) is 1.65. The fourth-order valence-corrected chi connectivity index (χ4v) is 1.65. The molecule has 1 aromatic heterocycles. The number of nitrogens with zero attached hydrogens (tertiary/aromatic N) is 2. The zero-order valence-electron chi connectivity index (χ0n) is 10.4. The first-order chi connectivity index (χ1) is 9.08. The maximum absolute atomic E-state index is 13.2. The number of nitrogen functional groups attached to an aromatic ring is 1. The summed E-state index contributed by atoms with van der Waals surface area (Å²) in [5.74, 6) is 0.262. The topological polar surface area (TPSA) is 71.9 Å². The van der Waals surface area contributed by atoms with Gasteiger partial charge in [0.1, 0.15) is 12.4 Å². The fraction of sp³-hybridized carbons (Fsp3) is 0.143. The summed E-state index contributed by atoms with van der Waals surface area (Å²) in [6.07, 6.45) is 0. The largest absolute Gasteiger partial charge is 0.485 e. The van der Waals surface area contributed by atoms with Gasteiger partial charge in [-0.25, -0.2) is 9.37 Å². The van der Waals surface area contributed by atoms with Gasteiger partial charge in [-0.2, -0.15) is 5.26 Å². The van der Waals surface area contributed by atoms with Gasteiger partial charge in [-0.3, -0.25) is 0 Å². The average molecular weight is 257 g/mol. The van der Waals surface area contributed by atoms with Crippen LogP contribution in [0.3, 0.4) is 0 Å². The minimum atomic E-state index is -0.465. The quantitative estimate of drug-likeness (QED) is 0.917. The molecule has 19 heavy (non-hydrogen) atoms. The number of halogens is 1. The predicted octanol–water partition coefficient (Wildman–Crippen LogP) is 2.56. The van der Waals surface area contributed by atoms with Crippen LogP contribution in [0.5, 0.6) is 5.75 Å². The summed E-state index contributed by atoms with van der Waals surface area (Å²) in [6.45, 7) is 1.95. The highest BCUT2D eigenvalue weighted by Crippen LogP contribution is 2.20. The van der Waals surface area contributed by atoms with Crippen LogP contribution in [-0.4, -0.2) is 4.98 Å². The van der Waals surface area contributed by atoms with E-state index in [1.807, 2.05) is 13.0 Å². The Labute approximate surface area is 110 Å². The summed E-state index contributed by atoms with van der Waals surface area (Å²) in [5.41, 5.74) is 7.33. The van der Waals surface area contributed by atoms with Crippen LogP contribution in [0, 0.1) is 24.1 Å². The lowest BCUT2D eigenvalue weighted by Gasteiger charge is -2.09. The maximum atomic E-state index is 13.2. The van der Waals surface area contributed by atoms with Crippen LogP contribution in [0.25, 0.3) is 0 Å². The summed E-state index contributed by atoms with van der Waals surface area (Å²) >= 11 is 0. The number of hydrogen-bond donors (Lipinski definition) is 1. The Morgan fingerprint density at radius 2 is 2.16 bits per heavy atom. The third kappa shape index (κ3) is 3.19. The van der Waals surface area contributed by atoms with Crippen molar-refractivity contribution in [2.75, 3.05) is 5.73 Å².